The molecule has 0 radical (unpaired) electrons. The average Bonchev–Trinajstić information content (AvgIpc) is 3.39. The van der Waals surface area contributed by atoms with Gasteiger partial charge in [0.25, 0.3) is 0 Å². The van der Waals surface area contributed by atoms with Gasteiger partial charge >= 0.3 is 5.97 Å². The lowest BCUT2D eigenvalue weighted by Crippen LogP contribution is -2.45. The van der Waals surface area contributed by atoms with Crippen LogP contribution in [0.5, 0.6) is 0 Å². The van der Waals surface area contributed by atoms with Crippen LogP contribution in [0.15, 0.2) is 48.6 Å². The molecule has 0 aliphatic rings. The Kier molecular flexibility index (Phi) is 60.5. The number of unbranched alkanes of at least 4 members (excludes halogenated alkanes) is 43. The van der Waals surface area contributed by atoms with Crippen LogP contribution in [0.2, 0.25) is 0 Å². The molecule has 428 valence electrons. The SMILES string of the molecule is CCC/C=C\C/C=C\CCCCCCCC(=O)OCCCCCCCCCCCCCC/C=C\CCCCCCCCCCCC(=O)NC(CO)C(O)/C=C/CCCCCCCCCCCCCCCCCC. The third-order valence-corrected chi connectivity index (χ3v) is 14.8. The summed E-state index contributed by atoms with van der Waals surface area (Å²) < 4.78 is 5.47. The number of aliphatic hydroxyl groups excluding tert-OH is 2. The summed E-state index contributed by atoms with van der Waals surface area (Å²) in [5.74, 6) is -0.0719. The van der Waals surface area contributed by atoms with Gasteiger partial charge in [-0.15, -0.1) is 0 Å². The summed E-state index contributed by atoms with van der Waals surface area (Å²) in [5, 5.41) is 23.2. The number of aliphatic hydroxyl groups is 2. The van der Waals surface area contributed by atoms with Crippen molar-refractivity contribution in [2.75, 3.05) is 13.2 Å². The number of esters is 1. The third-order valence-electron chi connectivity index (χ3n) is 14.8. The molecule has 0 aromatic rings. The van der Waals surface area contributed by atoms with Gasteiger partial charge in [-0.05, 0) is 83.5 Å². The highest BCUT2D eigenvalue weighted by molar-refractivity contribution is 5.76. The van der Waals surface area contributed by atoms with Crippen molar-refractivity contribution in [3.8, 4) is 0 Å². The van der Waals surface area contributed by atoms with Gasteiger partial charge in [0, 0.05) is 12.8 Å². The molecule has 0 aliphatic heterocycles. The van der Waals surface area contributed by atoms with Crippen LogP contribution in [-0.2, 0) is 14.3 Å². The molecule has 1 amide bonds. The van der Waals surface area contributed by atoms with Gasteiger partial charge in [-0.1, -0.05) is 294 Å². The zero-order chi connectivity index (χ0) is 52.9. The van der Waals surface area contributed by atoms with Gasteiger partial charge in [0.15, 0.2) is 0 Å². The van der Waals surface area contributed by atoms with E-state index in [-0.39, 0.29) is 18.5 Å². The highest BCUT2D eigenvalue weighted by atomic mass is 16.5. The van der Waals surface area contributed by atoms with Crippen molar-refractivity contribution in [3.05, 3.63) is 48.6 Å². The van der Waals surface area contributed by atoms with E-state index in [2.05, 4.69) is 55.6 Å². The lowest BCUT2D eigenvalue weighted by molar-refractivity contribution is -0.143. The second kappa shape index (κ2) is 62.4. The minimum absolute atomic E-state index is 0.00255. The Morgan fingerprint density at radius 1 is 0.384 bits per heavy atom. The molecular formula is C67H125NO5. The number of nitrogens with one attached hydrogen (secondary N) is 1. The van der Waals surface area contributed by atoms with E-state index in [0.717, 1.165) is 51.4 Å². The topological polar surface area (TPSA) is 95.9 Å². The molecule has 0 spiro atoms. The number of hydrogen-bond donors (Lipinski definition) is 3. The predicted octanol–water partition coefficient (Wildman–Crippen LogP) is 20.5. The molecule has 0 aromatic carbocycles. The fraction of sp³-hybridized carbons (Fsp3) is 0.851. The minimum atomic E-state index is -0.848. The summed E-state index contributed by atoms with van der Waals surface area (Å²) in [6.07, 6.45) is 80.2. The number of amides is 1. The molecule has 6 nitrogen and oxygen atoms in total. The van der Waals surface area contributed by atoms with Crippen molar-refractivity contribution in [3.63, 3.8) is 0 Å². The van der Waals surface area contributed by atoms with Crippen LogP contribution in [0.4, 0.5) is 0 Å². The van der Waals surface area contributed by atoms with Crippen molar-refractivity contribution >= 4 is 11.9 Å². The summed E-state index contributed by atoms with van der Waals surface area (Å²) in [5.41, 5.74) is 0. The first-order valence-corrected chi connectivity index (χ1v) is 32.4. The van der Waals surface area contributed by atoms with Crippen LogP contribution in [0.1, 0.15) is 341 Å². The molecular weight excluding hydrogens is 899 g/mol. The van der Waals surface area contributed by atoms with E-state index in [0.29, 0.717) is 19.4 Å². The minimum Gasteiger partial charge on any atom is -0.466 e. The fourth-order valence-corrected chi connectivity index (χ4v) is 9.84. The van der Waals surface area contributed by atoms with Crippen molar-refractivity contribution in [2.24, 2.45) is 0 Å². The molecule has 6 heteroatoms. The van der Waals surface area contributed by atoms with Crippen molar-refractivity contribution in [1.82, 2.24) is 5.32 Å². The van der Waals surface area contributed by atoms with Crippen LogP contribution >= 0.6 is 0 Å². The maximum absolute atomic E-state index is 12.5. The van der Waals surface area contributed by atoms with Gasteiger partial charge in [-0.2, -0.15) is 0 Å². The second-order valence-electron chi connectivity index (χ2n) is 22.1. The van der Waals surface area contributed by atoms with Gasteiger partial charge in [0.2, 0.25) is 5.91 Å². The van der Waals surface area contributed by atoms with Gasteiger partial charge in [-0.3, -0.25) is 9.59 Å². The quantitative estimate of drug-likeness (QED) is 0.0320. The molecule has 0 fully saturated rings. The summed E-state index contributed by atoms with van der Waals surface area (Å²) >= 11 is 0. The Labute approximate surface area is 455 Å². The first-order chi connectivity index (χ1) is 36.0. The summed E-state index contributed by atoms with van der Waals surface area (Å²) in [6.45, 7) is 4.85. The van der Waals surface area contributed by atoms with Crippen molar-refractivity contribution in [1.29, 1.82) is 0 Å². The lowest BCUT2D eigenvalue weighted by Gasteiger charge is -2.20. The first kappa shape index (κ1) is 70.8. The van der Waals surface area contributed by atoms with E-state index in [1.807, 2.05) is 6.08 Å². The summed E-state index contributed by atoms with van der Waals surface area (Å²) in [4.78, 5) is 24.5. The highest BCUT2D eigenvalue weighted by Gasteiger charge is 2.18. The summed E-state index contributed by atoms with van der Waals surface area (Å²) in [6, 6.07) is -0.631. The highest BCUT2D eigenvalue weighted by Crippen LogP contribution is 2.17. The number of carbonyl (C=O) groups excluding carboxylic acids is 2. The third kappa shape index (κ3) is 58.9. The first-order valence-electron chi connectivity index (χ1n) is 32.4. The number of hydrogen-bond acceptors (Lipinski definition) is 5. The van der Waals surface area contributed by atoms with Gasteiger partial charge < -0.3 is 20.3 Å². The average molecular weight is 1020 g/mol. The zero-order valence-electron chi connectivity index (χ0n) is 48.9. The lowest BCUT2D eigenvalue weighted by atomic mass is 10.0. The number of rotatable bonds is 60. The Morgan fingerprint density at radius 2 is 0.712 bits per heavy atom. The molecule has 2 unspecified atom stereocenters. The Hall–Kier alpha value is -2.18. The zero-order valence-corrected chi connectivity index (χ0v) is 48.9. The smallest absolute Gasteiger partial charge is 0.305 e. The maximum Gasteiger partial charge on any atom is 0.305 e. The molecule has 2 atom stereocenters. The van der Waals surface area contributed by atoms with Crippen LogP contribution in [0, 0.1) is 0 Å². The van der Waals surface area contributed by atoms with Gasteiger partial charge in [0.05, 0.1) is 25.4 Å². The van der Waals surface area contributed by atoms with Crippen LogP contribution in [0.3, 0.4) is 0 Å². The number of carbonyl (C=O) groups is 2. The van der Waals surface area contributed by atoms with Crippen LogP contribution in [-0.4, -0.2) is 47.4 Å². The molecule has 0 aromatic heterocycles. The van der Waals surface area contributed by atoms with E-state index in [9.17, 15) is 19.8 Å². The van der Waals surface area contributed by atoms with E-state index < -0.39 is 12.1 Å². The second-order valence-corrected chi connectivity index (χ2v) is 22.1. The predicted molar refractivity (Wildman–Crippen MR) is 319 cm³/mol. The molecule has 0 saturated heterocycles. The Bertz CT molecular complexity index is 1230. The summed E-state index contributed by atoms with van der Waals surface area (Å²) in [7, 11) is 0. The molecule has 0 saturated carbocycles. The van der Waals surface area contributed by atoms with E-state index in [4.69, 9.17) is 4.74 Å². The molecule has 0 heterocycles. The van der Waals surface area contributed by atoms with Crippen LogP contribution < -0.4 is 5.32 Å². The monoisotopic (exact) mass is 1020 g/mol. The van der Waals surface area contributed by atoms with E-state index in [1.165, 1.54) is 263 Å². The molecule has 3 N–H and O–H groups in total. The van der Waals surface area contributed by atoms with E-state index >= 15 is 0 Å². The van der Waals surface area contributed by atoms with Crippen molar-refractivity contribution in [2.45, 2.75) is 353 Å². The van der Waals surface area contributed by atoms with Gasteiger partial charge in [-0.25, -0.2) is 0 Å². The van der Waals surface area contributed by atoms with Gasteiger partial charge in [0.1, 0.15) is 0 Å². The number of allylic oxidation sites excluding steroid dienone is 7. The van der Waals surface area contributed by atoms with E-state index in [1.54, 1.807) is 6.08 Å². The molecule has 0 aliphatic carbocycles. The number of ether oxygens (including phenoxy) is 1. The molecule has 0 bridgehead atoms. The molecule has 0 rings (SSSR count). The normalized spacial score (nSPS) is 12.9. The molecule has 73 heavy (non-hydrogen) atoms. The van der Waals surface area contributed by atoms with Crippen LogP contribution in [0.25, 0.3) is 0 Å². The standard InChI is InChI=1S/C67H125NO5/c1-3-5-7-9-11-13-15-17-18-19-29-32-36-39-43-47-51-55-59-65(70)64(63-69)68-66(71)60-56-52-48-44-40-37-33-30-27-25-23-21-20-22-24-26-28-31-34-38-42-46-50-54-58-62-73-67(72)61-57-53-49-45-41-35-16-14-12-10-8-6-4-2/h8,10,14,16,21,23,55,59,64-65,69-70H,3-7,9,11-13,15,17-20,22,24-54,56-58,60-63H2,1-2H3,(H,68,71)/b10-8-,16-14-,23-21-,59-55+. The Balaban J connectivity index is 3.43. The Morgan fingerprint density at radius 3 is 1.11 bits per heavy atom. The van der Waals surface area contributed by atoms with Crippen molar-refractivity contribution < 1.29 is 24.5 Å². The fourth-order valence-electron chi connectivity index (χ4n) is 9.84. The largest absolute Gasteiger partial charge is 0.466 e. The maximum atomic E-state index is 12.5.